The number of carbonyl (C=O) groups excluding carboxylic acids is 3. The molecule has 1 saturated heterocycles. The summed E-state index contributed by atoms with van der Waals surface area (Å²) in [6.07, 6.45) is -0.859. The number of esters is 1. The first-order chi connectivity index (χ1) is 15.2. The van der Waals surface area contributed by atoms with Gasteiger partial charge in [-0.15, -0.1) is 0 Å². The Hall–Kier alpha value is -2.92. The summed E-state index contributed by atoms with van der Waals surface area (Å²) in [5.41, 5.74) is 1.86. The second-order valence-corrected chi connectivity index (χ2v) is 9.82. The minimum atomic E-state index is -3.79. The van der Waals surface area contributed by atoms with Crippen LogP contribution in [-0.4, -0.2) is 39.5 Å². The van der Waals surface area contributed by atoms with Crippen molar-refractivity contribution in [3.8, 4) is 0 Å². The number of amides is 2. The van der Waals surface area contributed by atoms with Gasteiger partial charge < -0.3 is 14.8 Å². The van der Waals surface area contributed by atoms with Crippen LogP contribution >= 0.6 is 15.9 Å². The van der Waals surface area contributed by atoms with Crippen molar-refractivity contribution in [3.63, 3.8) is 0 Å². The topological polar surface area (TPSA) is 128 Å². The highest BCUT2D eigenvalue weighted by atomic mass is 79.9. The molecule has 2 aromatic rings. The lowest BCUT2D eigenvalue weighted by atomic mass is 10.0. The SMILES string of the molecule is COC(=O)[C@H](Cc1ccc(C2CC(=O)NS2(=O)=O)c(Br)c1)NC(=O)OCc1ccccc1. The Labute approximate surface area is 193 Å². The van der Waals surface area contributed by atoms with E-state index < -0.39 is 39.3 Å². The standard InChI is InChI=1S/C21H21BrN2O7S/c1-30-20(26)17(23-21(27)31-12-13-5-3-2-4-6-13)10-14-7-8-15(16(22)9-14)18-11-19(25)24-32(18,28)29/h2-9,17-18H,10-12H2,1H3,(H,23,27)(H,24,25)/t17-,18?/m0/s1. The number of hydrogen-bond donors (Lipinski definition) is 2. The molecule has 2 amide bonds. The van der Waals surface area contributed by atoms with E-state index in [1.807, 2.05) is 22.9 Å². The molecular weight excluding hydrogens is 504 g/mol. The van der Waals surface area contributed by atoms with Gasteiger partial charge in [0.2, 0.25) is 15.9 Å². The van der Waals surface area contributed by atoms with Crippen LogP contribution in [0.3, 0.4) is 0 Å². The van der Waals surface area contributed by atoms with Crippen molar-refractivity contribution in [1.29, 1.82) is 0 Å². The van der Waals surface area contributed by atoms with E-state index in [1.54, 1.807) is 30.3 Å². The molecule has 0 saturated carbocycles. The second-order valence-electron chi connectivity index (χ2n) is 7.10. The Morgan fingerprint density at radius 3 is 2.50 bits per heavy atom. The maximum Gasteiger partial charge on any atom is 0.408 e. The number of rotatable bonds is 7. The van der Waals surface area contributed by atoms with Crippen LogP contribution in [0.25, 0.3) is 0 Å². The van der Waals surface area contributed by atoms with E-state index in [2.05, 4.69) is 21.2 Å². The van der Waals surface area contributed by atoms with E-state index in [1.165, 1.54) is 7.11 Å². The molecule has 1 aliphatic heterocycles. The molecule has 0 spiro atoms. The molecule has 1 fully saturated rings. The van der Waals surface area contributed by atoms with Crippen molar-refractivity contribution in [2.45, 2.75) is 30.7 Å². The maximum atomic E-state index is 12.2. The lowest BCUT2D eigenvalue weighted by molar-refractivity contribution is -0.143. The Morgan fingerprint density at radius 2 is 1.91 bits per heavy atom. The zero-order valence-electron chi connectivity index (χ0n) is 17.0. The van der Waals surface area contributed by atoms with Gasteiger partial charge in [-0.25, -0.2) is 18.0 Å². The summed E-state index contributed by atoms with van der Waals surface area (Å²) in [7, 11) is -2.58. The lowest BCUT2D eigenvalue weighted by Gasteiger charge is -2.18. The molecule has 11 heteroatoms. The lowest BCUT2D eigenvalue weighted by Crippen LogP contribution is -2.43. The third-order valence-electron chi connectivity index (χ3n) is 4.84. The van der Waals surface area contributed by atoms with E-state index in [0.29, 0.717) is 15.6 Å². The van der Waals surface area contributed by atoms with Crippen molar-refractivity contribution >= 4 is 43.9 Å². The fourth-order valence-corrected chi connectivity index (χ4v) is 5.57. The molecule has 2 aromatic carbocycles. The molecule has 1 heterocycles. The molecule has 0 radical (unpaired) electrons. The van der Waals surface area contributed by atoms with E-state index in [4.69, 9.17) is 9.47 Å². The first-order valence-electron chi connectivity index (χ1n) is 9.57. The summed E-state index contributed by atoms with van der Waals surface area (Å²) in [5, 5.41) is 1.49. The second kappa shape index (κ2) is 10.1. The predicted octanol–water partition coefficient (Wildman–Crippen LogP) is 2.35. The first kappa shape index (κ1) is 23.7. The Morgan fingerprint density at radius 1 is 1.19 bits per heavy atom. The van der Waals surface area contributed by atoms with Crippen LogP contribution in [0.2, 0.25) is 0 Å². The molecular formula is C21H21BrN2O7S. The molecule has 0 aliphatic carbocycles. The monoisotopic (exact) mass is 524 g/mol. The summed E-state index contributed by atoms with van der Waals surface area (Å²) in [5.74, 6) is -1.22. The minimum absolute atomic E-state index is 0.0451. The van der Waals surface area contributed by atoms with Gasteiger partial charge in [0.1, 0.15) is 17.9 Å². The van der Waals surface area contributed by atoms with Crippen LogP contribution in [0, 0.1) is 0 Å². The Balaban J connectivity index is 1.69. The molecule has 32 heavy (non-hydrogen) atoms. The highest BCUT2D eigenvalue weighted by Crippen LogP contribution is 2.35. The van der Waals surface area contributed by atoms with Gasteiger partial charge in [-0.2, -0.15) is 0 Å². The van der Waals surface area contributed by atoms with E-state index in [0.717, 1.165) is 5.56 Å². The van der Waals surface area contributed by atoms with Gasteiger partial charge in [0.05, 0.1) is 13.5 Å². The summed E-state index contributed by atoms with van der Waals surface area (Å²) in [6.45, 7) is 0.0451. The van der Waals surface area contributed by atoms with Crippen LogP contribution in [-0.2, 0) is 42.1 Å². The van der Waals surface area contributed by atoms with Gasteiger partial charge in [0.25, 0.3) is 0 Å². The number of benzene rings is 2. The number of methoxy groups -OCH3 is 1. The van der Waals surface area contributed by atoms with Crippen molar-refractivity contribution in [2.75, 3.05) is 7.11 Å². The first-order valence-corrected chi connectivity index (χ1v) is 11.9. The van der Waals surface area contributed by atoms with Gasteiger partial charge in [-0.3, -0.25) is 9.52 Å². The molecule has 1 aliphatic rings. The maximum absolute atomic E-state index is 12.2. The number of halogens is 1. The van der Waals surface area contributed by atoms with Crippen LogP contribution in [0.5, 0.6) is 0 Å². The number of hydrogen-bond acceptors (Lipinski definition) is 7. The molecule has 2 N–H and O–H groups in total. The number of sulfonamides is 1. The summed E-state index contributed by atoms with van der Waals surface area (Å²) in [4.78, 5) is 35.9. The fraction of sp³-hybridized carbons (Fsp3) is 0.286. The average Bonchev–Trinajstić information content (AvgIpc) is 3.03. The van der Waals surface area contributed by atoms with Gasteiger partial charge in [-0.05, 0) is 22.8 Å². The van der Waals surface area contributed by atoms with Gasteiger partial charge >= 0.3 is 12.1 Å². The van der Waals surface area contributed by atoms with Crippen LogP contribution in [0.4, 0.5) is 4.79 Å². The summed E-state index contributed by atoms with van der Waals surface area (Å²) < 4.78 is 36.6. The van der Waals surface area contributed by atoms with Crippen molar-refractivity contribution < 1.29 is 32.3 Å². The van der Waals surface area contributed by atoms with Crippen molar-refractivity contribution in [2.24, 2.45) is 0 Å². The van der Waals surface area contributed by atoms with Crippen molar-refractivity contribution in [3.05, 3.63) is 69.7 Å². The largest absolute Gasteiger partial charge is 0.467 e. The Kier molecular flexibility index (Phi) is 7.52. The summed E-state index contributed by atoms with van der Waals surface area (Å²) >= 11 is 3.34. The molecule has 0 aromatic heterocycles. The fourth-order valence-electron chi connectivity index (χ4n) is 3.26. The number of carbonyl (C=O) groups is 3. The van der Waals surface area contributed by atoms with E-state index in [-0.39, 0.29) is 19.4 Å². The van der Waals surface area contributed by atoms with Gasteiger partial charge in [0, 0.05) is 10.9 Å². The molecule has 2 atom stereocenters. The van der Waals surface area contributed by atoms with E-state index in [9.17, 15) is 22.8 Å². The molecule has 0 bridgehead atoms. The zero-order chi connectivity index (χ0) is 23.3. The van der Waals surface area contributed by atoms with E-state index >= 15 is 0 Å². The predicted molar refractivity (Wildman–Crippen MR) is 118 cm³/mol. The van der Waals surface area contributed by atoms with Gasteiger partial charge in [-0.1, -0.05) is 58.4 Å². The highest BCUT2D eigenvalue weighted by molar-refractivity contribution is 9.10. The molecule has 9 nitrogen and oxygen atoms in total. The van der Waals surface area contributed by atoms with Gasteiger partial charge in [0.15, 0.2) is 0 Å². The van der Waals surface area contributed by atoms with Crippen molar-refractivity contribution in [1.82, 2.24) is 10.0 Å². The zero-order valence-corrected chi connectivity index (χ0v) is 19.4. The van der Waals surface area contributed by atoms with Crippen LogP contribution in [0.15, 0.2) is 53.0 Å². The smallest absolute Gasteiger partial charge is 0.408 e. The molecule has 1 unspecified atom stereocenters. The number of alkyl carbamates (subject to hydrolysis) is 1. The molecule has 3 rings (SSSR count). The highest BCUT2D eigenvalue weighted by Gasteiger charge is 2.38. The number of nitrogens with one attached hydrogen (secondary N) is 2. The normalized spacial score (nSPS) is 17.8. The Bertz CT molecular complexity index is 1120. The summed E-state index contributed by atoms with van der Waals surface area (Å²) in [6, 6.07) is 12.9. The quantitative estimate of drug-likeness (QED) is 0.532. The third kappa shape index (κ3) is 5.86. The van der Waals surface area contributed by atoms with Crippen LogP contribution in [0.1, 0.15) is 28.4 Å². The van der Waals surface area contributed by atoms with Crippen LogP contribution < -0.4 is 10.0 Å². The third-order valence-corrected chi connectivity index (χ3v) is 7.21. The minimum Gasteiger partial charge on any atom is -0.467 e. The average molecular weight is 525 g/mol. The molecule has 170 valence electrons. The number of ether oxygens (including phenoxy) is 2.